The van der Waals surface area contributed by atoms with Crippen LogP contribution in [0, 0.1) is 0 Å². The Balaban J connectivity index is 3.72. The summed E-state index contributed by atoms with van der Waals surface area (Å²) in [6.45, 7) is 1.88. The van der Waals surface area contributed by atoms with Gasteiger partial charge in [-0.25, -0.2) is 8.78 Å². The molecule has 0 aliphatic heterocycles. The highest BCUT2D eigenvalue weighted by Crippen LogP contribution is 2.00. The fourth-order valence-corrected chi connectivity index (χ4v) is 0.491. The van der Waals surface area contributed by atoms with Crippen LogP contribution in [-0.4, -0.2) is 18.5 Å². The molecule has 11 heavy (non-hydrogen) atoms. The summed E-state index contributed by atoms with van der Waals surface area (Å²) in [5.41, 5.74) is 10.5. The van der Waals surface area contributed by atoms with Gasteiger partial charge in [-0.15, -0.1) is 0 Å². The summed E-state index contributed by atoms with van der Waals surface area (Å²) in [6, 6.07) is -1.35. The Hall–Kier alpha value is -0.480. The van der Waals surface area contributed by atoms with Crippen LogP contribution >= 0.6 is 0 Å². The lowest BCUT2D eigenvalue weighted by Gasteiger charge is -2.05. The molecule has 0 saturated carbocycles. The highest BCUT2D eigenvalue weighted by Gasteiger charge is 2.10. The first-order valence-electron chi connectivity index (χ1n) is 3.55. The molecular formula is C7H14F2N2. The third kappa shape index (κ3) is 4.86. The van der Waals surface area contributed by atoms with Crippen LogP contribution in [0.25, 0.3) is 0 Å². The van der Waals surface area contributed by atoms with Gasteiger partial charge in [-0.3, -0.25) is 0 Å². The molecule has 0 spiro atoms. The van der Waals surface area contributed by atoms with Crippen molar-refractivity contribution >= 4 is 0 Å². The molecule has 66 valence electrons. The first-order chi connectivity index (χ1) is 5.07. The lowest BCUT2D eigenvalue weighted by Crippen LogP contribution is -2.27. The Bertz CT molecular complexity index is 126. The molecule has 0 aromatic rings. The summed E-state index contributed by atoms with van der Waals surface area (Å²) < 4.78 is 23.5. The Morgan fingerprint density at radius 3 is 2.18 bits per heavy atom. The van der Waals surface area contributed by atoms with Crippen molar-refractivity contribution in [3.63, 3.8) is 0 Å². The van der Waals surface area contributed by atoms with E-state index in [1.165, 1.54) is 12.2 Å². The summed E-state index contributed by atoms with van der Waals surface area (Å²) in [5, 5.41) is 0. The van der Waals surface area contributed by atoms with E-state index in [0.717, 1.165) is 6.42 Å². The minimum Gasteiger partial charge on any atom is -0.324 e. The van der Waals surface area contributed by atoms with Crippen molar-refractivity contribution in [3.8, 4) is 0 Å². The quantitative estimate of drug-likeness (QED) is 0.606. The van der Waals surface area contributed by atoms with Gasteiger partial charge in [-0.2, -0.15) is 0 Å². The molecular weight excluding hydrogens is 150 g/mol. The Kier molecular flexibility index (Phi) is 4.98. The first-order valence-corrected chi connectivity index (χ1v) is 3.55. The average Bonchev–Trinajstić information content (AvgIpc) is 1.99. The van der Waals surface area contributed by atoms with E-state index in [2.05, 4.69) is 0 Å². The van der Waals surface area contributed by atoms with Gasteiger partial charge in [0.2, 0.25) is 0 Å². The monoisotopic (exact) mass is 164 g/mol. The summed E-state index contributed by atoms with van der Waals surface area (Å²) in [4.78, 5) is 0. The van der Waals surface area contributed by atoms with E-state index in [-0.39, 0.29) is 6.04 Å². The van der Waals surface area contributed by atoms with E-state index in [9.17, 15) is 8.78 Å². The van der Waals surface area contributed by atoms with Gasteiger partial charge < -0.3 is 11.5 Å². The van der Waals surface area contributed by atoms with Crippen LogP contribution in [0.4, 0.5) is 8.78 Å². The second-order valence-corrected chi connectivity index (χ2v) is 2.37. The van der Waals surface area contributed by atoms with Gasteiger partial charge in [0.1, 0.15) is 0 Å². The standard InChI is InChI=1S/C7H14F2N2/c1-2-5(10)3-4-6(11)7(8)9/h3-7H,2,10-11H2,1H3/b4-3+. The Morgan fingerprint density at radius 2 is 1.82 bits per heavy atom. The molecule has 0 bridgehead atoms. The zero-order chi connectivity index (χ0) is 8.85. The van der Waals surface area contributed by atoms with Crippen molar-refractivity contribution < 1.29 is 8.78 Å². The molecule has 4 N–H and O–H groups in total. The van der Waals surface area contributed by atoms with Crippen molar-refractivity contribution in [1.82, 2.24) is 0 Å². The van der Waals surface area contributed by atoms with E-state index in [0.29, 0.717) is 0 Å². The molecule has 0 aromatic carbocycles. The molecule has 0 aliphatic carbocycles. The highest BCUT2D eigenvalue weighted by molar-refractivity contribution is 4.97. The smallest absolute Gasteiger partial charge is 0.256 e. The second kappa shape index (κ2) is 5.21. The lowest BCUT2D eigenvalue weighted by atomic mass is 10.2. The van der Waals surface area contributed by atoms with Crippen LogP contribution in [0.2, 0.25) is 0 Å². The first kappa shape index (κ1) is 10.5. The molecule has 2 nitrogen and oxygen atoms in total. The van der Waals surface area contributed by atoms with Crippen molar-refractivity contribution in [2.45, 2.75) is 31.9 Å². The maximum absolute atomic E-state index is 11.8. The highest BCUT2D eigenvalue weighted by atomic mass is 19.3. The molecule has 0 amide bonds. The molecule has 0 aromatic heterocycles. The van der Waals surface area contributed by atoms with Gasteiger partial charge in [0.25, 0.3) is 6.43 Å². The van der Waals surface area contributed by atoms with Crippen LogP contribution in [0.5, 0.6) is 0 Å². The molecule has 0 fully saturated rings. The summed E-state index contributed by atoms with van der Waals surface area (Å²) in [7, 11) is 0. The number of hydrogen-bond donors (Lipinski definition) is 2. The van der Waals surface area contributed by atoms with Crippen molar-refractivity contribution in [1.29, 1.82) is 0 Å². The van der Waals surface area contributed by atoms with E-state index < -0.39 is 12.5 Å². The fourth-order valence-electron chi connectivity index (χ4n) is 0.491. The SMILES string of the molecule is CCC(N)/C=C/C(N)C(F)F. The maximum Gasteiger partial charge on any atom is 0.256 e. The summed E-state index contributed by atoms with van der Waals surface area (Å²) in [5.74, 6) is 0. The van der Waals surface area contributed by atoms with Gasteiger partial charge >= 0.3 is 0 Å². The average molecular weight is 164 g/mol. The van der Waals surface area contributed by atoms with Crippen LogP contribution in [0.1, 0.15) is 13.3 Å². The Labute approximate surface area is 65.3 Å². The normalized spacial score (nSPS) is 17.6. The summed E-state index contributed by atoms with van der Waals surface area (Å²) in [6.07, 6.45) is 0.984. The lowest BCUT2D eigenvalue weighted by molar-refractivity contribution is 0.133. The molecule has 4 heteroatoms. The molecule has 0 heterocycles. The van der Waals surface area contributed by atoms with E-state index in [1.54, 1.807) is 0 Å². The van der Waals surface area contributed by atoms with E-state index >= 15 is 0 Å². The van der Waals surface area contributed by atoms with Crippen molar-refractivity contribution in [2.24, 2.45) is 11.5 Å². The van der Waals surface area contributed by atoms with Crippen LogP contribution < -0.4 is 11.5 Å². The number of alkyl halides is 2. The minimum absolute atomic E-state index is 0.167. The molecule has 0 saturated heterocycles. The fraction of sp³-hybridized carbons (Fsp3) is 0.714. The third-order valence-electron chi connectivity index (χ3n) is 1.34. The van der Waals surface area contributed by atoms with Crippen LogP contribution in [-0.2, 0) is 0 Å². The minimum atomic E-state index is -2.50. The predicted molar refractivity (Wildman–Crippen MR) is 41.4 cm³/mol. The van der Waals surface area contributed by atoms with E-state index in [1.807, 2.05) is 6.92 Å². The van der Waals surface area contributed by atoms with Crippen molar-refractivity contribution in [2.75, 3.05) is 0 Å². The maximum atomic E-state index is 11.8. The van der Waals surface area contributed by atoms with Gasteiger partial charge in [0.15, 0.2) is 0 Å². The summed E-state index contributed by atoms with van der Waals surface area (Å²) >= 11 is 0. The van der Waals surface area contributed by atoms with Crippen LogP contribution in [0.15, 0.2) is 12.2 Å². The largest absolute Gasteiger partial charge is 0.324 e. The second-order valence-electron chi connectivity index (χ2n) is 2.37. The van der Waals surface area contributed by atoms with E-state index in [4.69, 9.17) is 11.5 Å². The zero-order valence-corrected chi connectivity index (χ0v) is 6.50. The van der Waals surface area contributed by atoms with Gasteiger partial charge in [0.05, 0.1) is 6.04 Å². The number of rotatable bonds is 4. The number of hydrogen-bond acceptors (Lipinski definition) is 2. The van der Waals surface area contributed by atoms with Gasteiger partial charge in [0, 0.05) is 6.04 Å². The number of halogens is 2. The van der Waals surface area contributed by atoms with Crippen molar-refractivity contribution in [3.05, 3.63) is 12.2 Å². The van der Waals surface area contributed by atoms with Gasteiger partial charge in [-0.1, -0.05) is 19.1 Å². The zero-order valence-electron chi connectivity index (χ0n) is 6.50. The van der Waals surface area contributed by atoms with Gasteiger partial charge in [-0.05, 0) is 6.42 Å². The molecule has 0 radical (unpaired) electrons. The molecule has 2 atom stereocenters. The Morgan fingerprint density at radius 1 is 1.27 bits per heavy atom. The predicted octanol–water partition coefficient (Wildman–Crippen LogP) is 0.872. The van der Waals surface area contributed by atoms with Crippen LogP contribution in [0.3, 0.4) is 0 Å². The topological polar surface area (TPSA) is 52.0 Å². The third-order valence-corrected chi connectivity index (χ3v) is 1.34. The molecule has 0 aliphatic rings. The molecule has 2 unspecified atom stereocenters. The molecule has 0 rings (SSSR count). The number of nitrogens with two attached hydrogens (primary N) is 2.